The average Bonchev–Trinajstić information content (AvgIpc) is 2.86. The van der Waals surface area contributed by atoms with E-state index in [1.165, 1.54) is 6.07 Å². The Morgan fingerprint density at radius 1 is 1.12 bits per heavy atom. The molecule has 1 N–H and O–H groups in total. The molecule has 0 saturated carbocycles. The first-order valence-electron chi connectivity index (χ1n) is 7.81. The first-order valence-corrected chi connectivity index (χ1v) is 7.81. The van der Waals surface area contributed by atoms with Crippen molar-refractivity contribution in [3.05, 3.63) is 54.1 Å². The topological polar surface area (TPSA) is 58.6 Å². The lowest BCUT2D eigenvalue weighted by molar-refractivity contribution is -0.121. The van der Waals surface area contributed by atoms with Crippen LogP contribution in [0, 0.1) is 11.6 Å². The smallest absolute Gasteiger partial charge is 0.256 e. The van der Waals surface area contributed by atoms with Gasteiger partial charge in [0.25, 0.3) is 5.91 Å². The third kappa shape index (κ3) is 3.45. The summed E-state index contributed by atoms with van der Waals surface area (Å²) >= 11 is 0. The molecule has 0 bridgehead atoms. The lowest BCUT2D eigenvalue weighted by Crippen LogP contribution is -2.34. The molecule has 1 saturated heterocycles. The van der Waals surface area contributed by atoms with Gasteiger partial charge in [0.1, 0.15) is 11.8 Å². The van der Waals surface area contributed by atoms with Crippen molar-refractivity contribution in [3.8, 4) is 5.75 Å². The van der Waals surface area contributed by atoms with E-state index in [1.807, 2.05) is 6.92 Å². The molecular formula is C18H16F2N2O3. The Bertz CT molecular complexity index is 808. The number of benzene rings is 2. The summed E-state index contributed by atoms with van der Waals surface area (Å²) in [5.41, 5.74) is 0.673. The third-order valence-electron chi connectivity index (χ3n) is 3.81. The molecule has 0 spiro atoms. The third-order valence-corrected chi connectivity index (χ3v) is 3.81. The van der Waals surface area contributed by atoms with Gasteiger partial charge in [-0.1, -0.05) is 0 Å². The lowest BCUT2D eigenvalue weighted by atomic mass is 10.2. The molecule has 2 amide bonds. The molecule has 0 radical (unpaired) electrons. The van der Waals surface area contributed by atoms with Crippen molar-refractivity contribution >= 4 is 23.2 Å². The second kappa shape index (κ2) is 6.88. The Morgan fingerprint density at radius 3 is 2.48 bits per heavy atom. The van der Waals surface area contributed by atoms with Crippen LogP contribution >= 0.6 is 0 Å². The number of hydrogen-bond donors (Lipinski definition) is 1. The quantitative estimate of drug-likeness (QED) is 0.845. The van der Waals surface area contributed by atoms with Crippen molar-refractivity contribution in [1.82, 2.24) is 0 Å². The van der Waals surface area contributed by atoms with E-state index < -0.39 is 23.6 Å². The summed E-state index contributed by atoms with van der Waals surface area (Å²) in [4.78, 5) is 25.8. The number of rotatable bonds is 5. The minimum Gasteiger partial charge on any atom is -0.494 e. The molecule has 0 aromatic heterocycles. The van der Waals surface area contributed by atoms with Gasteiger partial charge in [0.15, 0.2) is 11.6 Å². The summed E-state index contributed by atoms with van der Waals surface area (Å²) in [5.74, 6) is -2.17. The maximum atomic E-state index is 13.3. The largest absolute Gasteiger partial charge is 0.494 e. The van der Waals surface area contributed by atoms with Gasteiger partial charge in [-0.05, 0) is 43.3 Å². The van der Waals surface area contributed by atoms with Gasteiger partial charge in [-0.2, -0.15) is 0 Å². The van der Waals surface area contributed by atoms with Crippen LogP contribution in [0.4, 0.5) is 20.2 Å². The van der Waals surface area contributed by atoms with Crippen molar-refractivity contribution < 1.29 is 23.1 Å². The van der Waals surface area contributed by atoms with Crippen LogP contribution in [0.25, 0.3) is 0 Å². The number of nitrogens with zero attached hydrogens (tertiary/aromatic N) is 1. The van der Waals surface area contributed by atoms with E-state index in [9.17, 15) is 18.4 Å². The summed E-state index contributed by atoms with van der Waals surface area (Å²) in [7, 11) is 0. The molecule has 2 aromatic carbocycles. The summed E-state index contributed by atoms with van der Waals surface area (Å²) in [6.45, 7) is 2.37. The second-order valence-electron chi connectivity index (χ2n) is 5.52. The molecule has 3 rings (SSSR count). The molecule has 7 heteroatoms. The number of nitrogens with one attached hydrogen (secondary N) is 1. The van der Waals surface area contributed by atoms with Gasteiger partial charge in [-0.25, -0.2) is 13.7 Å². The van der Waals surface area contributed by atoms with Crippen LogP contribution in [-0.4, -0.2) is 24.5 Å². The highest BCUT2D eigenvalue weighted by atomic mass is 19.2. The lowest BCUT2D eigenvalue weighted by Gasteiger charge is -2.16. The Morgan fingerprint density at radius 2 is 1.84 bits per heavy atom. The van der Waals surface area contributed by atoms with E-state index in [0.29, 0.717) is 18.0 Å². The first-order chi connectivity index (χ1) is 12.0. The van der Waals surface area contributed by atoms with E-state index in [2.05, 4.69) is 5.32 Å². The maximum Gasteiger partial charge on any atom is 0.256 e. The summed E-state index contributed by atoms with van der Waals surface area (Å²) in [6, 6.07) is 9.00. The predicted molar refractivity (Wildman–Crippen MR) is 88.5 cm³/mol. The van der Waals surface area contributed by atoms with Crippen LogP contribution in [-0.2, 0) is 9.59 Å². The van der Waals surface area contributed by atoms with E-state index in [-0.39, 0.29) is 18.0 Å². The van der Waals surface area contributed by atoms with Crippen molar-refractivity contribution in [3.63, 3.8) is 0 Å². The van der Waals surface area contributed by atoms with Gasteiger partial charge in [0.2, 0.25) is 5.91 Å². The predicted octanol–water partition coefficient (Wildman–Crippen LogP) is 3.11. The number of carbonyl (C=O) groups is 2. The molecule has 0 aliphatic carbocycles. The summed E-state index contributed by atoms with van der Waals surface area (Å²) in [5, 5.41) is 2.78. The summed E-state index contributed by atoms with van der Waals surface area (Å²) in [6.07, 6.45) is -0.0644. The molecule has 2 aromatic rings. The fourth-order valence-corrected chi connectivity index (χ4v) is 2.66. The molecule has 0 unspecified atom stereocenters. The minimum absolute atomic E-state index is 0.0644. The summed E-state index contributed by atoms with van der Waals surface area (Å²) < 4.78 is 31.6. The highest BCUT2D eigenvalue weighted by molar-refractivity contribution is 6.23. The highest BCUT2D eigenvalue weighted by Gasteiger charge is 2.39. The normalized spacial score (nSPS) is 17.1. The van der Waals surface area contributed by atoms with Crippen molar-refractivity contribution in [2.45, 2.75) is 19.4 Å². The van der Waals surface area contributed by atoms with Crippen LogP contribution in [0.15, 0.2) is 42.5 Å². The molecule has 1 atom stereocenters. The van der Waals surface area contributed by atoms with Crippen LogP contribution in [0.1, 0.15) is 13.3 Å². The molecule has 1 fully saturated rings. The van der Waals surface area contributed by atoms with Crippen LogP contribution < -0.4 is 15.0 Å². The van der Waals surface area contributed by atoms with Gasteiger partial charge in [0, 0.05) is 11.8 Å². The fraction of sp³-hybridized carbons (Fsp3) is 0.222. The molecule has 5 nitrogen and oxygen atoms in total. The number of hydrogen-bond acceptors (Lipinski definition) is 4. The number of anilines is 2. The maximum absolute atomic E-state index is 13.3. The zero-order chi connectivity index (χ0) is 18.0. The molecular weight excluding hydrogens is 330 g/mol. The van der Waals surface area contributed by atoms with Gasteiger partial charge in [-0.3, -0.25) is 9.59 Å². The van der Waals surface area contributed by atoms with E-state index in [4.69, 9.17) is 4.74 Å². The number of carbonyl (C=O) groups excluding carboxylic acids is 2. The molecule has 130 valence electrons. The van der Waals surface area contributed by atoms with Gasteiger partial charge >= 0.3 is 0 Å². The second-order valence-corrected chi connectivity index (χ2v) is 5.52. The fourth-order valence-electron chi connectivity index (χ4n) is 2.66. The van der Waals surface area contributed by atoms with Crippen molar-refractivity contribution in [2.75, 3.05) is 16.8 Å². The standard InChI is InChI=1S/C18H16F2N2O3/c1-2-25-13-6-4-12(5-7-13)22-17(23)10-16(18(22)24)21-11-3-8-14(19)15(20)9-11/h3-9,16,21H,2,10H2,1H3/t16-/m1/s1. The van der Waals surface area contributed by atoms with E-state index in [1.54, 1.807) is 24.3 Å². The van der Waals surface area contributed by atoms with Crippen LogP contribution in [0.3, 0.4) is 0 Å². The Kier molecular flexibility index (Phi) is 4.65. The molecule has 25 heavy (non-hydrogen) atoms. The monoisotopic (exact) mass is 346 g/mol. The zero-order valence-electron chi connectivity index (χ0n) is 13.5. The van der Waals surface area contributed by atoms with Crippen LogP contribution in [0.2, 0.25) is 0 Å². The van der Waals surface area contributed by atoms with Crippen LogP contribution in [0.5, 0.6) is 5.75 Å². The first kappa shape index (κ1) is 16.9. The number of halogens is 2. The zero-order valence-corrected chi connectivity index (χ0v) is 13.5. The number of amides is 2. The average molecular weight is 346 g/mol. The Labute approximate surface area is 143 Å². The molecule has 1 heterocycles. The van der Waals surface area contributed by atoms with Crippen molar-refractivity contribution in [2.24, 2.45) is 0 Å². The molecule has 1 aliphatic heterocycles. The van der Waals surface area contributed by atoms with Gasteiger partial charge in [0.05, 0.1) is 18.7 Å². The van der Waals surface area contributed by atoms with E-state index >= 15 is 0 Å². The number of ether oxygens (including phenoxy) is 1. The van der Waals surface area contributed by atoms with E-state index in [0.717, 1.165) is 17.0 Å². The van der Waals surface area contributed by atoms with Gasteiger partial charge in [-0.15, -0.1) is 0 Å². The van der Waals surface area contributed by atoms with Gasteiger partial charge < -0.3 is 10.1 Å². The number of imide groups is 1. The van der Waals surface area contributed by atoms with Crippen molar-refractivity contribution in [1.29, 1.82) is 0 Å². The highest BCUT2D eigenvalue weighted by Crippen LogP contribution is 2.27. The Hall–Kier alpha value is -2.96. The minimum atomic E-state index is -1.02. The SMILES string of the molecule is CCOc1ccc(N2C(=O)C[C@@H](Nc3ccc(F)c(F)c3)C2=O)cc1. The molecule has 1 aliphatic rings. The Balaban J connectivity index is 1.76.